The van der Waals surface area contributed by atoms with Gasteiger partial charge in [-0.25, -0.2) is 4.99 Å². The molecule has 0 atom stereocenters. The summed E-state index contributed by atoms with van der Waals surface area (Å²) in [4.78, 5) is 7.22. The fourth-order valence-corrected chi connectivity index (χ4v) is 6.02. The van der Waals surface area contributed by atoms with Crippen molar-refractivity contribution >= 4 is 27.6 Å². The molecule has 0 spiro atoms. The smallest absolute Gasteiger partial charge is 0.136 e. The number of thiophene rings is 1. The van der Waals surface area contributed by atoms with Crippen LogP contribution in [0, 0.1) is 25.2 Å². The van der Waals surface area contributed by atoms with Crippen LogP contribution in [0.25, 0.3) is 5.69 Å². The van der Waals surface area contributed by atoms with Gasteiger partial charge in [-0.3, -0.25) is 0 Å². The molecule has 0 saturated carbocycles. The average molecular weight is 417 g/mol. The van der Waals surface area contributed by atoms with Crippen molar-refractivity contribution in [2.45, 2.75) is 32.6 Å². The van der Waals surface area contributed by atoms with E-state index < -0.39 is 0 Å². The lowest BCUT2D eigenvalue weighted by Gasteiger charge is -2.39. The number of nitriles is 1. The first kappa shape index (κ1) is 19.0. The van der Waals surface area contributed by atoms with Crippen LogP contribution in [-0.4, -0.2) is 31.0 Å². The standard InChI is InChI=1S/C24H24N4OS/c1-15-12-18(16(2)28(15)19-4-6-20(29-3)7-5-19)14-26-23-21(13-25)22-17-8-10-27(11-9-17)24(22)30-23/h4-7,12,14,17H,8-11H2,1-3H3. The number of fused-ring (bicyclic) bond motifs is 2. The van der Waals surface area contributed by atoms with Crippen LogP contribution in [0.15, 0.2) is 35.3 Å². The van der Waals surface area contributed by atoms with Crippen LogP contribution in [-0.2, 0) is 0 Å². The fraction of sp³-hybridized carbons (Fsp3) is 0.333. The number of piperidine rings is 1. The van der Waals surface area contributed by atoms with Gasteiger partial charge in [-0.15, -0.1) is 0 Å². The van der Waals surface area contributed by atoms with Gasteiger partial charge in [0.1, 0.15) is 16.8 Å². The zero-order valence-corrected chi connectivity index (χ0v) is 18.3. The number of aryl methyl sites for hydroxylation is 1. The fourth-order valence-electron chi connectivity index (χ4n) is 4.78. The quantitative estimate of drug-likeness (QED) is 0.529. The van der Waals surface area contributed by atoms with Crippen molar-refractivity contribution in [3.8, 4) is 17.5 Å². The van der Waals surface area contributed by atoms with Crippen molar-refractivity contribution in [3.05, 3.63) is 58.4 Å². The Morgan fingerprint density at radius 3 is 2.60 bits per heavy atom. The summed E-state index contributed by atoms with van der Waals surface area (Å²) in [6.45, 7) is 6.42. The van der Waals surface area contributed by atoms with Crippen molar-refractivity contribution in [1.29, 1.82) is 5.26 Å². The normalized spacial score (nSPS) is 15.6. The van der Waals surface area contributed by atoms with E-state index in [1.807, 2.05) is 18.3 Å². The molecule has 5 heterocycles. The maximum atomic E-state index is 9.83. The summed E-state index contributed by atoms with van der Waals surface area (Å²) >= 11 is 1.67. The third-order valence-corrected chi connectivity index (χ3v) is 7.51. The summed E-state index contributed by atoms with van der Waals surface area (Å²) < 4.78 is 7.49. The van der Waals surface area contributed by atoms with E-state index in [4.69, 9.17) is 9.73 Å². The van der Waals surface area contributed by atoms with Crippen molar-refractivity contribution < 1.29 is 4.74 Å². The molecule has 3 aliphatic heterocycles. The number of benzene rings is 1. The third kappa shape index (κ3) is 2.93. The van der Waals surface area contributed by atoms with E-state index in [2.05, 4.69) is 47.6 Å². The van der Waals surface area contributed by atoms with Crippen molar-refractivity contribution in [3.63, 3.8) is 0 Å². The molecule has 0 amide bonds. The summed E-state index contributed by atoms with van der Waals surface area (Å²) in [5.74, 6) is 1.37. The molecule has 3 aromatic rings. The number of anilines is 1. The van der Waals surface area contributed by atoms with Gasteiger partial charge in [0.2, 0.25) is 0 Å². The Labute approximate surface area is 180 Å². The number of aromatic nitrogens is 1. The number of hydrogen-bond acceptors (Lipinski definition) is 5. The minimum absolute atomic E-state index is 0.528. The van der Waals surface area contributed by atoms with Gasteiger partial charge in [-0.1, -0.05) is 11.3 Å². The van der Waals surface area contributed by atoms with Gasteiger partial charge in [0.15, 0.2) is 0 Å². The molecule has 30 heavy (non-hydrogen) atoms. The second-order valence-corrected chi connectivity index (χ2v) is 8.97. The molecule has 0 N–H and O–H groups in total. The van der Waals surface area contributed by atoms with Gasteiger partial charge in [-0.2, -0.15) is 5.26 Å². The van der Waals surface area contributed by atoms with Gasteiger partial charge in [0.05, 0.1) is 17.7 Å². The van der Waals surface area contributed by atoms with Crippen LogP contribution in [0.1, 0.15) is 46.8 Å². The first-order chi connectivity index (χ1) is 14.6. The Morgan fingerprint density at radius 1 is 1.20 bits per heavy atom. The van der Waals surface area contributed by atoms with Crippen LogP contribution in [0.3, 0.4) is 0 Å². The molecule has 0 radical (unpaired) electrons. The minimum Gasteiger partial charge on any atom is -0.497 e. The average Bonchev–Trinajstić information content (AvgIpc) is 3.31. The highest BCUT2D eigenvalue weighted by atomic mass is 32.1. The van der Waals surface area contributed by atoms with Gasteiger partial charge < -0.3 is 14.2 Å². The molecule has 2 bridgehead atoms. The lowest BCUT2D eigenvalue weighted by Crippen LogP contribution is -2.37. The molecule has 1 aromatic carbocycles. The summed E-state index contributed by atoms with van der Waals surface area (Å²) in [6, 6.07) is 12.7. The van der Waals surface area contributed by atoms with E-state index >= 15 is 0 Å². The van der Waals surface area contributed by atoms with Gasteiger partial charge in [0.25, 0.3) is 0 Å². The Morgan fingerprint density at radius 2 is 1.93 bits per heavy atom. The number of rotatable bonds is 4. The van der Waals surface area contributed by atoms with Crippen LogP contribution in [0.4, 0.5) is 10.0 Å². The summed E-state index contributed by atoms with van der Waals surface area (Å²) in [7, 11) is 1.68. The summed E-state index contributed by atoms with van der Waals surface area (Å²) in [6.07, 6.45) is 4.23. The predicted octanol–water partition coefficient (Wildman–Crippen LogP) is 5.48. The topological polar surface area (TPSA) is 53.6 Å². The minimum atomic E-state index is 0.528. The molecular formula is C24H24N4OS. The third-order valence-electron chi connectivity index (χ3n) is 6.33. The molecule has 5 nitrogen and oxygen atoms in total. The lowest BCUT2D eigenvalue weighted by molar-refractivity contribution is 0.414. The first-order valence-electron chi connectivity index (χ1n) is 10.3. The monoisotopic (exact) mass is 416 g/mol. The van der Waals surface area contributed by atoms with Crippen molar-refractivity contribution in [2.75, 3.05) is 25.1 Å². The second-order valence-electron chi connectivity index (χ2n) is 7.99. The van der Waals surface area contributed by atoms with E-state index in [9.17, 15) is 5.26 Å². The highest BCUT2D eigenvalue weighted by molar-refractivity contribution is 7.20. The van der Waals surface area contributed by atoms with E-state index in [0.717, 1.165) is 64.9 Å². The largest absolute Gasteiger partial charge is 0.497 e. The molecule has 1 fully saturated rings. The molecular weight excluding hydrogens is 392 g/mol. The summed E-state index contributed by atoms with van der Waals surface area (Å²) in [5, 5.41) is 11.9. The lowest BCUT2D eigenvalue weighted by atomic mass is 9.84. The van der Waals surface area contributed by atoms with Crippen LogP contribution in [0.2, 0.25) is 0 Å². The zero-order valence-electron chi connectivity index (χ0n) is 17.5. The number of nitrogens with zero attached hydrogens (tertiary/aromatic N) is 4. The number of aliphatic imine (C=N–C) groups is 1. The van der Waals surface area contributed by atoms with Gasteiger partial charge in [-0.05, 0) is 62.9 Å². The van der Waals surface area contributed by atoms with Crippen molar-refractivity contribution in [1.82, 2.24) is 4.57 Å². The maximum absolute atomic E-state index is 9.83. The maximum Gasteiger partial charge on any atom is 0.136 e. The predicted molar refractivity (Wildman–Crippen MR) is 122 cm³/mol. The number of methoxy groups -OCH3 is 1. The number of hydrogen-bond donors (Lipinski definition) is 0. The molecule has 0 unspecified atom stereocenters. The van der Waals surface area contributed by atoms with E-state index in [-0.39, 0.29) is 0 Å². The Bertz CT molecular complexity index is 1170. The van der Waals surface area contributed by atoms with Crippen LogP contribution >= 0.6 is 11.3 Å². The molecule has 1 saturated heterocycles. The van der Waals surface area contributed by atoms with Gasteiger partial charge >= 0.3 is 0 Å². The first-order valence-corrected chi connectivity index (χ1v) is 11.1. The van der Waals surface area contributed by atoms with E-state index in [0.29, 0.717) is 5.92 Å². The highest BCUT2D eigenvalue weighted by Gasteiger charge is 2.36. The highest BCUT2D eigenvalue weighted by Crippen LogP contribution is 2.52. The number of ether oxygens (including phenoxy) is 1. The summed E-state index contributed by atoms with van der Waals surface area (Å²) in [5.41, 5.74) is 6.47. The van der Waals surface area contributed by atoms with E-state index in [1.165, 1.54) is 10.6 Å². The Hall–Kier alpha value is -3.04. The van der Waals surface area contributed by atoms with Crippen LogP contribution < -0.4 is 9.64 Å². The van der Waals surface area contributed by atoms with Gasteiger partial charge in [0, 0.05) is 47.5 Å². The Balaban J connectivity index is 1.50. The molecule has 6 rings (SSSR count). The Kier molecular flexibility index (Phi) is 4.63. The molecule has 2 aromatic heterocycles. The molecule has 0 aliphatic carbocycles. The second kappa shape index (κ2) is 7.33. The molecule has 6 heteroatoms. The molecule has 152 valence electrons. The van der Waals surface area contributed by atoms with Crippen LogP contribution in [0.5, 0.6) is 5.75 Å². The molecule has 3 aliphatic rings. The SMILES string of the molecule is COc1ccc(-n2c(C)cc(C=Nc3sc4c(c3C#N)C3CCN4CC3)c2C)cc1. The zero-order chi connectivity index (χ0) is 20.8. The van der Waals surface area contributed by atoms with E-state index in [1.54, 1.807) is 18.4 Å². The van der Waals surface area contributed by atoms with Crippen molar-refractivity contribution in [2.24, 2.45) is 4.99 Å².